The molecule has 0 unspecified atom stereocenters. The van der Waals surface area contributed by atoms with Crippen LogP contribution < -0.4 is 11.1 Å². The molecule has 0 heterocycles. The molecule has 1 fully saturated rings. The molecule has 5 nitrogen and oxygen atoms in total. The maximum atomic E-state index is 11.7. The van der Waals surface area contributed by atoms with E-state index in [-0.39, 0.29) is 36.7 Å². The van der Waals surface area contributed by atoms with Crippen LogP contribution in [0.3, 0.4) is 0 Å². The summed E-state index contributed by atoms with van der Waals surface area (Å²) in [6.07, 6.45) is 2.10. The van der Waals surface area contributed by atoms with Crippen molar-refractivity contribution < 1.29 is 9.59 Å². The Morgan fingerprint density at radius 2 is 1.94 bits per heavy atom. The number of rotatable bonds is 5. The number of halogens is 1. The molecule has 0 bridgehead atoms. The normalized spacial score (nSPS) is 16.1. The average molecular weight is 264 g/mol. The molecule has 0 saturated heterocycles. The van der Waals surface area contributed by atoms with Crippen molar-refractivity contribution in [1.82, 2.24) is 10.2 Å². The molecule has 0 aromatic heterocycles. The minimum absolute atomic E-state index is 0. The van der Waals surface area contributed by atoms with E-state index in [1.54, 1.807) is 7.05 Å². The molecule has 17 heavy (non-hydrogen) atoms. The Kier molecular flexibility index (Phi) is 6.49. The third kappa shape index (κ3) is 5.37. The summed E-state index contributed by atoms with van der Waals surface area (Å²) in [6.45, 7) is 3.87. The van der Waals surface area contributed by atoms with E-state index >= 15 is 0 Å². The molecule has 6 heteroatoms. The van der Waals surface area contributed by atoms with Gasteiger partial charge in [-0.25, -0.2) is 0 Å². The van der Waals surface area contributed by atoms with E-state index in [4.69, 9.17) is 5.73 Å². The lowest BCUT2D eigenvalue weighted by atomic mass is 10.0. The van der Waals surface area contributed by atoms with Crippen molar-refractivity contribution in [2.75, 3.05) is 13.6 Å². The van der Waals surface area contributed by atoms with Gasteiger partial charge in [-0.15, -0.1) is 12.4 Å². The lowest BCUT2D eigenvalue weighted by molar-refractivity contribution is -0.136. The van der Waals surface area contributed by atoms with Crippen LogP contribution in [0.2, 0.25) is 0 Å². The van der Waals surface area contributed by atoms with Crippen molar-refractivity contribution in [2.45, 2.75) is 38.8 Å². The zero-order valence-corrected chi connectivity index (χ0v) is 11.4. The molecule has 0 spiro atoms. The number of hydrogen-bond donors (Lipinski definition) is 2. The number of nitrogens with zero attached hydrogens (tertiary/aromatic N) is 1. The highest BCUT2D eigenvalue weighted by Gasteiger charge is 2.26. The molecular formula is C11H22ClN3O2. The number of nitrogens with one attached hydrogen (secondary N) is 1. The fraction of sp³-hybridized carbons (Fsp3) is 0.818. The topological polar surface area (TPSA) is 75.4 Å². The van der Waals surface area contributed by atoms with Gasteiger partial charge >= 0.3 is 0 Å². The lowest BCUT2D eigenvalue weighted by Gasteiger charge is -2.22. The molecule has 1 aliphatic carbocycles. The van der Waals surface area contributed by atoms with Crippen molar-refractivity contribution in [3.8, 4) is 0 Å². The van der Waals surface area contributed by atoms with E-state index in [0.717, 1.165) is 12.8 Å². The van der Waals surface area contributed by atoms with Crippen LogP contribution in [0.15, 0.2) is 0 Å². The largest absolute Gasteiger partial charge is 0.352 e. The van der Waals surface area contributed by atoms with Gasteiger partial charge in [-0.3, -0.25) is 9.59 Å². The molecule has 0 aromatic rings. The highest BCUT2D eigenvalue weighted by atomic mass is 35.5. The number of nitrogens with two attached hydrogens (primary N) is 1. The van der Waals surface area contributed by atoms with Crippen molar-refractivity contribution in [1.29, 1.82) is 0 Å². The zero-order valence-electron chi connectivity index (χ0n) is 10.6. The highest BCUT2D eigenvalue weighted by molar-refractivity contribution is 5.87. The first-order valence-electron chi connectivity index (χ1n) is 5.71. The van der Waals surface area contributed by atoms with Crippen LogP contribution in [0, 0.1) is 5.92 Å². The van der Waals surface area contributed by atoms with Gasteiger partial charge in [0.15, 0.2) is 0 Å². The van der Waals surface area contributed by atoms with Crippen LogP contribution in [-0.2, 0) is 9.59 Å². The van der Waals surface area contributed by atoms with Crippen LogP contribution in [0.4, 0.5) is 0 Å². The van der Waals surface area contributed by atoms with Crippen molar-refractivity contribution in [2.24, 2.45) is 11.7 Å². The van der Waals surface area contributed by atoms with Gasteiger partial charge < -0.3 is 16.0 Å². The summed E-state index contributed by atoms with van der Waals surface area (Å²) >= 11 is 0. The fourth-order valence-corrected chi connectivity index (χ4v) is 1.33. The molecule has 2 amide bonds. The van der Waals surface area contributed by atoms with E-state index < -0.39 is 6.04 Å². The maximum absolute atomic E-state index is 11.7. The second kappa shape index (κ2) is 6.81. The van der Waals surface area contributed by atoms with Crippen LogP contribution >= 0.6 is 12.4 Å². The predicted octanol–water partition coefficient (Wildman–Crippen LogP) is 0.129. The van der Waals surface area contributed by atoms with Crippen LogP contribution in [0.5, 0.6) is 0 Å². The summed E-state index contributed by atoms with van der Waals surface area (Å²) in [5.74, 6) is -0.198. The summed E-state index contributed by atoms with van der Waals surface area (Å²) in [7, 11) is 1.61. The summed E-state index contributed by atoms with van der Waals surface area (Å²) in [5, 5.41) is 2.83. The average Bonchev–Trinajstić information content (AvgIpc) is 2.98. The minimum atomic E-state index is -0.529. The summed E-state index contributed by atoms with van der Waals surface area (Å²) < 4.78 is 0. The second-order valence-corrected chi connectivity index (χ2v) is 4.81. The highest BCUT2D eigenvalue weighted by Crippen LogP contribution is 2.18. The Balaban J connectivity index is 0.00000256. The molecule has 1 rings (SSSR count). The molecule has 0 aromatic carbocycles. The lowest BCUT2D eigenvalue weighted by Crippen LogP contribution is -2.48. The smallest absolute Gasteiger partial charge is 0.239 e. The van der Waals surface area contributed by atoms with Gasteiger partial charge in [-0.2, -0.15) is 0 Å². The Bertz CT molecular complexity index is 280. The molecular weight excluding hydrogens is 242 g/mol. The summed E-state index contributed by atoms with van der Waals surface area (Å²) in [6, 6.07) is -0.200. The molecule has 0 radical (unpaired) electrons. The number of amides is 2. The Morgan fingerprint density at radius 3 is 2.35 bits per heavy atom. The van der Waals surface area contributed by atoms with Crippen molar-refractivity contribution in [3.05, 3.63) is 0 Å². The van der Waals surface area contributed by atoms with E-state index in [1.807, 2.05) is 13.8 Å². The van der Waals surface area contributed by atoms with Crippen LogP contribution in [-0.4, -0.2) is 42.4 Å². The predicted molar refractivity (Wildman–Crippen MR) is 68.9 cm³/mol. The minimum Gasteiger partial charge on any atom is -0.352 e. The van der Waals surface area contributed by atoms with Crippen LogP contribution in [0.25, 0.3) is 0 Å². The molecule has 1 atom stereocenters. The number of hydrogen-bond acceptors (Lipinski definition) is 3. The van der Waals surface area contributed by atoms with E-state index in [2.05, 4.69) is 5.32 Å². The fourth-order valence-electron chi connectivity index (χ4n) is 1.33. The number of carbonyl (C=O) groups excluding carboxylic acids is 2. The first-order chi connectivity index (χ1) is 7.41. The molecule has 100 valence electrons. The molecule has 1 saturated carbocycles. The van der Waals surface area contributed by atoms with Gasteiger partial charge in [0, 0.05) is 13.1 Å². The first kappa shape index (κ1) is 16.2. The molecule has 1 aliphatic rings. The standard InChI is InChI=1S/C11H21N3O2.ClH/c1-7(2)10(12)11(16)14(3)6-9(15)13-8-4-5-8;/h7-8,10H,4-6,12H2,1-3H3,(H,13,15);1H/t10-;/m1./s1. The van der Waals surface area contributed by atoms with E-state index in [9.17, 15) is 9.59 Å². The molecule has 3 N–H and O–H groups in total. The SMILES string of the molecule is CC(C)[C@@H](N)C(=O)N(C)CC(=O)NC1CC1.Cl. The Morgan fingerprint density at radius 1 is 1.41 bits per heavy atom. The van der Waals surface area contributed by atoms with E-state index in [1.165, 1.54) is 4.90 Å². The monoisotopic (exact) mass is 263 g/mol. The van der Waals surface area contributed by atoms with Crippen molar-refractivity contribution >= 4 is 24.2 Å². The van der Waals surface area contributed by atoms with Gasteiger partial charge in [-0.05, 0) is 18.8 Å². The Hall–Kier alpha value is -0.810. The third-order valence-corrected chi connectivity index (χ3v) is 2.70. The number of likely N-dealkylation sites (N-methyl/N-ethyl adjacent to an activating group) is 1. The quantitative estimate of drug-likeness (QED) is 0.740. The Labute approximate surface area is 109 Å². The summed E-state index contributed by atoms with van der Waals surface area (Å²) in [5.41, 5.74) is 5.73. The maximum Gasteiger partial charge on any atom is 0.239 e. The number of carbonyl (C=O) groups is 2. The van der Waals surface area contributed by atoms with Gasteiger partial charge in [0.25, 0.3) is 0 Å². The van der Waals surface area contributed by atoms with Gasteiger partial charge in [0.1, 0.15) is 0 Å². The van der Waals surface area contributed by atoms with Gasteiger partial charge in [0.05, 0.1) is 12.6 Å². The van der Waals surface area contributed by atoms with Gasteiger partial charge in [0.2, 0.25) is 11.8 Å². The summed E-state index contributed by atoms with van der Waals surface area (Å²) in [4.78, 5) is 24.6. The third-order valence-electron chi connectivity index (χ3n) is 2.70. The first-order valence-corrected chi connectivity index (χ1v) is 5.71. The zero-order chi connectivity index (χ0) is 12.3. The molecule has 0 aliphatic heterocycles. The van der Waals surface area contributed by atoms with Crippen molar-refractivity contribution in [3.63, 3.8) is 0 Å². The van der Waals surface area contributed by atoms with Crippen LogP contribution in [0.1, 0.15) is 26.7 Å². The van der Waals surface area contributed by atoms with E-state index in [0.29, 0.717) is 6.04 Å². The van der Waals surface area contributed by atoms with Gasteiger partial charge in [-0.1, -0.05) is 13.8 Å². The second-order valence-electron chi connectivity index (χ2n) is 4.81.